The summed E-state index contributed by atoms with van der Waals surface area (Å²) in [6.07, 6.45) is 0. The molecule has 0 N–H and O–H groups in total. The molecule has 1 atom stereocenters. The lowest BCUT2D eigenvalue weighted by Crippen LogP contribution is -2.29. The molecule has 1 aliphatic rings. The molecule has 7 heteroatoms. The second-order valence-corrected chi connectivity index (χ2v) is 10.3. The van der Waals surface area contributed by atoms with E-state index in [1.165, 1.54) is 0 Å². The van der Waals surface area contributed by atoms with Crippen LogP contribution in [0.15, 0.2) is 74.3 Å². The Bertz CT molecular complexity index is 1540. The summed E-state index contributed by atoms with van der Waals surface area (Å²) < 4.78 is 18.4. The zero-order chi connectivity index (χ0) is 25.6. The molecule has 0 radical (unpaired) electrons. The van der Waals surface area contributed by atoms with Gasteiger partial charge in [0.2, 0.25) is 5.76 Å². The van der Waals surface area contributed by atoms with Crippen LogP contribution in [-0.2, 0) is 0 Å². The number of ether oxygens (including phenoxy) is 2. The summed E-state index contributed by atoms with van der Waals surface area (Å²) in [4.78, 5) is 29.2. The molecule has 2 heterocycles. The van der Waals surface area contributed by atoms with Gasteiger partial charge in [-0.2, -0.15) is 0 Å². The van der Waals surface area contributed by atoms with Crippen LogP contribution in [0, 0.1) is 12.8 Å². The molecule has 1 amide bonds. The summed E-state index contributed by atoms with van der Waals surface area (Å²) in [6.45, 7) is 6.65. The first-order valence-corrected chi connectivity index (χ1v) is 12.5. The van der Waals surface area contributed by atoms with Gasteiger partial charge in [-0.3, -0.25) is 14.5 Å². The normalized spacial score (nSPS) is 15.0. The SMILES string of the molecule is COc1cc(C2c3c(oc4ccc(Br)cc4c3=O)C(=O)N2c2cccc(C)c2)ccc1OCC(C)C. The van der Waals surface area contributed by atoms with Gasteiger partial charge in [0.05, 0.1) is 30.7 Å². The number of anilines is 1. The number of rotatable bonds is 6. The number of nitrogens with zero attached hydrogens (tertiary/aromatic N) is 1. The van der Waals surface area contributed by atoms with Gasteiger partial charge in [0, 0.05) is 10.2 Å². The van der Waals surface area contributed by atoms with Gasteiger partial charge in [-0.25, -0.2) is 0 Å². The summed E-state index contributed by atoms with van der Waals surface area (Å²) in [6, 6.07) is 17.7. The Morgan fingerprint density at radius 1 is 1.03 bits per heavy atom. The topological polar surface area (TPSA) is 69.0 Å². The fourth-order valence-electron chi connectivity index (χ4n) is 4.53. The number of benzene rings is 3. The molecule has 0 aliphatic carbocycles. The lowest BCUT2D eigenvalue weighted by atomic mass is 9.97. The molecular formula is C29H26BrNO5. The Labute approximate surface area is 217 Å². The van der Waals surface area contributed by atoms with E-state index in [1.807, 2.05) is 49.4 Å². The number of methoxy groups -OCH3 is 1. The van der Waals surface area contributed by atoms with Crippen LogP contribution >= 0.6 is 15.9 Å². The molecule has 0 saturated heterocycles. The van der Waals surface area contributed by atoms with Crippen molar-refractivity contribution in [1.82, 2.24) is 0 Å². The predicted octanol–water partition coefficient (Wildman–Crippen LogP) is 6.66. The highest BCUT2D eigenvalue weighted by Crippen LogP contribution is 2.43. The predicted molar refractivity (Wildman–Crippen MR) is 143 cm³/mol. The fourth-order valence-corrected chi connectivity index (χ4v) is 4.90. The molecule has 1 aromatic heterocycles. The van der Waals surface area contributed by atoms with Crippen molar-refractivity contribution in [2.24, 2.45) is 5.92 Å². The number of hydrogen-bond acceptors (Lipinski definition) is 5. The summed E-state index contributed by atoms with van der Waals surface area (Å²) in [5.41, 5.74) is 2.85. The zero-order valence-corrected chi connectivity index (χ0v) is 22.1. The van der Waals surface area contributed by atoms with Gasteiger partial charge >= 0.3 is 0 Å². The quantitative estimate of drug-likeness (QED) is 0.270. The van der Waals surface area contributed by atoms with Crippen LogP contribution in [0.25, 0.3) is 11.0 Å². The fraction of sp³-hybridized carbons (Fsp3) is 0.241. The highest BCUT2D eigenvalue weighted by Gasteiger charge is 2.44. The van der Waals surface area contributed by atoms with Crippen molar-refractivity contribution in [3.63, 3.8) is 0 Å². The number of fused-ring (bicyclic) bond motifs is 2. The van der Waals surface area contributed by atoms with E-state index in [0.717, 1.165) is 15.6 Å². The van der Waals surface area contributed by atoms with Crippen molar-refractivity contribution >= 4 is 38.5 Å². The van der Waals surface area contributed by atoms with Crippen LogP contribution in [0.5, 0.6) is 11.5 Å². The Balaban J connectivity index is 1.74. The number of carbonyl (C=O) groups is 1. The smallest absolute Gasteiger partial charge is 0.295 e. The Hall–Kier alpha value is -3.58. The summed E-state index contributed by atoms with van der Waals surface area (Å²) in [5.74, 6) is 1.19. The van der Waals surface area contributed by atoms with Crippen LogP contribution in [0.2, 0.25) is 0 Å². The second kappa shape index (κ2) is 9.47. The van der Waals surface area contributed by atoms with Gasteiger partial charge in [-0.1, -0.05) is 48.0 Å². The average Bonchev–Trinajstić information content (AvgIpc) is 3.15. The molecule has 0 saturated carbocycles. The van der Waals surface area contributed by atoms with Crippen LogP contribution < -0.4 is 19.8 Å². The van der Waals surface area contributed by atoms with Crippen molar-refractivity contribution in [1.29, 1.82) is 0 Å². The lowest BCUT2D eigenvalue weighted by molar-refractivity contribution is 0.0971. The number of halogens is 1. The Morgan fingerprint density at radius 2 is 1.83 bits per heavy atom. The zero-order valence-electron chi connectivity index (χ0n) is 20.5. The van der Waals surface area contributed by atoms with E-state index in [2.05, 4.69) is 29.8 Å². The number of amides is 1. The highest BCUT2D eigenvalue weighted by molar-refractivity contribution is 9.10. The molecule has 6 nitrogen and oxygen atoms in total. The minimum atomic E-state index is -0.693. The monoisotopic (exact) mass is 547 g/mol. The lowest BCUT2D eigenvalue weighted by Gasteiger charge is -2.26. The van der Waals surface area contributed by atoms with E-state index in [0.29, 0.717) is 46.2 Å². The maximum absolute atomic E-state index is 13.8. The largest absolute Gasteiger partial charge is 0.493 e. The van der Waals surface area contributed by atoms with Crippen molar-refractivity contribution in [3.8, 4) is 11.5 Å². The Kier molecular flexibility index (Phi) is 6.35. The maximum atomic E-state index is 13.8. The summed E-state index contributed by atoms with van der Waals surface area (Å²) in [7, 11) is 1.58. The van der Waals surface area contributed by atoms with E-state index in [1.54, 1.807) is 30.2 Å². The van der Waals surface area contributed by atoms with Crippen molar-refractivity contribution in [3.05, 3.63) is 97.8 Å². The first-order chi connectivity index (χ1) is 17.3. The van der Waals surface area contributed by atoms with Gasteiger partial charge < -0.3 is 13.9 Å². The van der Waals surface area contributed by atoms with Gasteiger partial charge in [-0.05, 0) is 66.4 Å². The standard InChI is InChI=1S/C29H26BrNO5/c1-16(2)15-35-23-10-8-18(13-24(23)34-4)26-25-27(32)21-14-19(30)9-11-22(21)36-28(25)29(33)31(26)20-7-5-6-17(3)12-20/h5-14,16,26H,15H2,1-4H3. The molecule has 0 fully saturated rings. The van der Waals surface area contributed by atoms with Gasteiger partial charge in [0.25, 0.3) is 5.91 Å². The van der Waals surface area contributed by atoms with Gasteiger partial charge in [-0.15, -0.1) is 0 Å². The number of carbonyl (C=O) groups excluding carboxylic acids is 1. The molecule has 3 aromatic carbocycles. The van der Waals surface area contributed by atoms with Gasteiger partial charge in [0.1, 0.15) is 5.58 Å². The Morgan fingerprint density at radius 3 is 2.56 bits per heavy atom. The van der Waals surface area contributed by atoms with Gasteiger partial charge in [0.15, 0.2) is 16.9 Å². The van der Waals surface area contributed by atoms with E-state index >= 15 is 0 Å². The first-order valence-electron chi connectivity index (χ1n) is 11.8. The minimum Gasteiger partial charge on any atom is -0.493 e. The van der Waals surface area contributed by atoms with Crippen LogP contribution in [-0.4, -0.2) is 19.6 Å². The first kappa shape index (κ1) is 24.1. The third kappa shape index (κ3) is 4.17. The third-order valence-electron chi connectivity index (χ3n) is 6.19. The minimum absolute atomic E-state index is 0.0560. The number of aryl methyl sites for hydroxylation is 1. The van der Waals surface area contributed by atoms with Crippen molar-refractivity contribution in [2.45, 2.75) is 26.8 Å². The summed E-state index contributed by atoms with van der Waals surface area (Å²) >= 11 is 3.44. The van der Waals surface area contributed by atoms with Crippen LogP contribution in [0.1, 0.15) is 47.1 Å². The summed E-state index contributed by atoms with van der Waals surface area (Å²) in [5, 5.41) is 0.413. The van der Waals surface area contributed by atoms with E-state index in [-0.39, 0.29) is 17.1 Å². The molecule has 184 valence electrons. The van der Waals surface area contributed by atoms with Crippen molar-refractivity contribution in [2.75, 3.05) is 18.6 Å². The second-order valence-electron chi connectivity index (χ2n) is 9.35. The molecule has 0 bridgehead atoms. The molecule has 5 rings (SSSR count). The molecule has 36 heavy (non-hydrogen) atoms. The van der Waals surface area contributed by atoms with E-state index in [9.17, 15) is 9.59 Å². The molecule has 1 unspecified atom stereocenters. The molecule has 1 aliphatic heterocycles. The third-order valence-corrected chi connectivity index (χ3v) is 6.68. The molecule has 4 aromatic rings. The van der Waals surface area contributed by atoms with Crippen molar-refractivity contribution < 1.29 is 18.7 Å². The maximum Gasteiger partial charge on any atom is 0.295 e. The van der Waals surface area contributed by atoms with Crippen LogP contribution in [0.3, 0.4) is 0 Å². The highest BCUT2D eigenvalue weighted by atomic mass is 79.9. The average molecular weight is 548 g/mol. The number of hydrogen-bond donors (Lipinski definition) is 0. The van der Waals surface area contributed by atoms with Crippen LogP contribution in [0.4, 0.5) is 5.69 Å². The van der Waals surface area contributed by atoms with E-state index < -0.39 is 6.04 Å². The van der Waals surface area contributed by atoms with E-state index in [4.69, 9.17) is 13.9 Å². The molecular weight excluding hydrogens is 522 g/mol. The molecule has 0 spiro atoms.